The lowest BCUT2D eigenvalue weighted by molar-refractivity contribution is -0.384. The maximum absolute atomic E-state index is 13.2. The molecule has 1 heterocycles. The van der Waals surface area contributed by atoms with E-state index in [4.69, 9.17) is 17.0 Å². The molecular formula is C24H16BrFN2O4S2. The van der Waals surface area contributed by atoms with Gasteiger partial charge in [0.1, 0.15) is 22.5 Å². The Morgan fingerprint density at radius 1 is 1.09 bits per heavy atom. The van der Waals surface area contributed by atoms with E-state index < -0.39 is 4.92 Å². The third-order valence-corrected chi connectivity index (χ3v) is 6.80. The van der Waals surface area contributed by atoms with Gasteiger partial charge in [-0.05, 0) is 59.7 Å². The molecule has 0 spiro atoms. The van der Waals surface area contributed by atoms with Gasteiger partial charge in [-0.2, -0.15) is 0 Å². The Morgan fingerprint density at radius 3 is 2.44 bits per heavy atom. The second-order valence-corrected chi connectivity index (χ2v) is 9.88. The van der Waals surface area contributed by atoms with E-state index in [2.05, 4.69) is 15.9 Å². The molecule has 4 rings (SSSR count). The van der Waals surface area contributed by atoms with Crippen LogP contribution in [0.3, 0.4) is 0 Å². The van der Waals surface area contributed by atoms with E-state index in [1.165, 1.54) is 40.9 Å². The second kappa shape index (κ2) is 10.5. The van der Waals surface area contributed by atoms with E-state index >= 15 is 0 Å². The second-order valence-electron chi connectivity index (χ2n) is 7.29. The van der Waals surface area contributed by atoms with Crippen LogP contribution in [0.2, 0.25) is 0 Å². The zero-order valence-corrected chi connectivity index (χ0v) is 20.7. The van der Waals surface area contributed by atoms with E-state index in [0.717, 1.165) is 15.6 Å². The van der Waals surface area contributed by atoms with Crippen molar-refractivity contribution in [1.82, 2.24) is 4.90 Å². The number of hydrogen-bond acceptors (Lipinski definition) is 6. The summed E-state index contributed by atoms with van der Waals surface area (Å²) in [7, 11) is 0. The average molecular weight is 559 g/mol. The summed E-state index contributed by atoms with van der Waals surface area (Å²) >= 11 is 10.0. The summed E-state index contributed by atoms with van der Waals surface area (Å²) < 4.78 is 20.4. The fraction of sp³-hybridized carbons (Fsp3) is 0.0833. The molecule has 34 heavy (non-hydrogen) atoms. The summed E-state index contributed by atoms with van der Waals surface area (Å²) in [5.74, 6) is -0.0316. The molecular weight excluding hydrogens is 543 g/mol. The number of carbonyl (C=O) groups is 1. The third kappa shape index (κ3) is 5.69. The molecule has 1 saturated heterocycles. The molecule has 6 nitrogen and oxygen atoms in total. The number of nitro benzene ring substituents is 1. The highest BCUT2D eigenvalue weighted by molar-refractivity contribution is 9.10. The predicted molar refractivity (Wildman–Crippen MR) is 137 cm³/mol. The molecule has 0 unspecified atom stereocenters. The maximum Gasteiger partial charge on any atom is 0.269 e. The lowest BCUT2D eigenvalue weighted by Gasteiger charge is -2.14. The smallest absolute Gasteiger partial charge is 0.269 e. The van der Waals surface area contributed by atoms with Crippen LogP contribution in [0, 0.1) is 15.9 Å². The monoisotopic (exact) mass is 558 g/mol. The molecule has 1 aliphatic rings. The number of nitrogens with zero attached hydrogens (tertiary/aromatic N) is 2. The number of thioether (sulfide) groups is 1. The Bertz CT molecular complexity index is 1300. The molecule has 10 heteroatoms. The van der Waals surface area contributed by atoms with Crippen LogP contribution in [0.5, 0.6) is 5.75 Å². The van der Waals surface area contributed by atoms with Gasteiger partial charge in [0.15, 0.2) is 0 Å². The molecule has 0 saturated carbocycles. The van der Waals surface area contributed by atoms with Crippen LogP contribution in [0.25, 0.3) is 6.08 Å². The van der Waals surface area contributed by atoms with Crippen LogP contribution in [-0.4, -0.2) is 20.1 Å². The first-order valence-corrected chi connectivity index (χ1v) is 12.0. The van der Waals surface area contributed by atoms with Gasteiger partial charge in [0.25, 0.3) is 11.6 Å². The molecule has 0 N–H and O–H groups in total. The molecule has 1 fully saturated rings. The molecule has 0 radical (unpaired) electrons. The van der Waals surface area contributed by atoms with Crippen molar-refractivity contribution in [3.63, 3.8) is 0 Å². The fourth-order valence-corrected chi connectivity index (χ4v) is 4.81. The Balaban J connectivity index is 1.52. The van der Waals surface area contributed by atoms with Gasteiger partial charge in [0, 0.05) is 22.2 Å². The molecule has 3 aromatic carbocycles. The normalized spacial score (nSPS) is 14.6. The summed E-state index contributed by atoms with van der Waals surface area (Å²) in [6.45, 7) is 0.455. The highest BCUT2D eigenvalue weighted by atomic mass is 79.9. The minimum absolute atomic E-state index is 0.00995. The van der Waals surface area contributed by atoms with E-state index in [9.17, 15) is 19.3 Å². The van der Waals surface area contributed by atoms with Crippen molar-refractivity contribution >= 4 is 61.9 Å². The van der Waals surface area contributed by atoms with Crippen LogP contribution in [0.4, 0.5) is 10.1 Å². The molecule has 1 aliphatic heterocycles. The number of non-ortho nitro benzene ring substituents is 1. The Hall–Kier alpha value is -3.08. The van der Waals surface area contributed by atoms with Crippen LogP contribution in [0.1, 0.15) is 16.7 Å². The molecule has 0 atom stereocenters. The number of halogens is 2. The predicted octanol–water partition coefficient (Wildman–Crippen LogP) is 6.48. The van der Waals surface area contributed by atoms with Gasteiger partial charge >= 0.3 is 0 Å². The number of rotatable bonds is 7. The molecule has 1 amide bonds. The maximum atomic E-state index is 13.2. The third-order valence-electron chi connectivity index (χ3n) is 4.93. The minimum atomic E-state index is -0.455. The molecule has 172 valence electrons. The summed E-state index contributed by atoms with van der Waals surface area (Å²) in [6, 6.07) is 17.5. The molecule has 0 aliphatic carbocycles. The first-order valence-electron chi connectivity index (χ1n) is 9.95. The van der Waals surface area contributed by atoms with Crippen LogP contribution >= 0.6 is 39.9 Å². The van der Waals surface area contributed by atoms with Gasteiger partial charge in [0.2, 0.25) is 0 Å². The van der Waals surface area contributed by atoms with Gasteiger partial charge in [-0.25, -0.2) is 4.39 Å². The quantitative estimate of drug-likeness (QED) is 0.143. The summed E-state index contributed by atoms with van der Waals surface area (Å²) in [5.41, 5.74) is 2.23. The van der Waals surface area contributed by atoms with Gasteiger partial charge in [-0.1, -0.05) is 52.0 Å². The Labute approximate surface area is 212 Å². The van der Waals surface area contributed by atoms with Crippen molar-refractivity contribution < 1.29 is 18.8 Å². The van der Waals surface area contributed by atoms with Gasteiger partial charge < -0.3 is 4.74 Å². The summed E-state index contributed by atoms with van der Waals surface area (Å²) in [4.78, 5) is 25.3. The Kier molecular flexibility index (Phi) is 7.40. The largest absolute Gasteiger partial charge is 0.488 e. The van der Waals surface area contributed by atoms with E-state index in [0.29, 0.717) is 20.5 Å². The van der Waals surface area contributed by atoms with Crippen LogP contribution in [0.15, 0.2) is 76.1 Å². The lowest BCUT2D eigenvalue weighted by atomic mass is 10.1. The van der Waals surface area contributed by atoms with Crippen molar-refractivity contribution in [2.45, 2.75) is 13.2 Å². The number of hydrogen-bond donors (Lipinski definition) is 0. The van der Waals surface area contributed by atoms with Crippen molar-refractivity contribution in [3.05, 3.63) is 109 Å². The number of amides is 1. The number of thiocarbonyl (C=S) groups is 1. The minimum Gasteiger partial charge on any atom is -0.488 e. The first-order chi connectivity index (χ1) is 16.3. The first kappa shape index (κ1) is 24.1. The SMILES string of the molecule is O=C1/C(=C/c2cc(Br)ccc2OCc2ccc([N+](=O)[O-])cc2)SC(=S)N1Cc1ccc(F)cc1. The zero-order chi connectivity index (χ0) is 24.2. The topological polar surface area (TPSA) is 72.7 Å². The standard InChI is InChI=1S/C24H16BrFN2O4S2/c25-18-5-10-21(32-14-16-3-8-20(9-4-16)28(30)31)17(11-18)12-22-23(29)27(24(33)34-22)13-15-1-6-19(26)7-2-15/h1-12H,13-14H2/b22-12-. The van der Waals surface area contributed by atoms with Crippen LogP contribution < -0.4 is 4.74 Å². The average Bonchev–Trinajstić information content (AvgIpc) is 3.07. The van der Waals surface area contributed by atoms with E-state index in [1.54, 1.807) is 36.4 Å². The van der Waals surface area contributed by atoms with Gasteiger partial charge in [-0.15, -0.1) is 0 Å². The summed E-state index contributed by atoms with van der Waals surface area (Å²) in [5, 5.41) is 10.8. The zero-order valence-electron chi connectivity index (χ0n) is 17.4. The molecule has 3 aromatic rings. The number of ether oxygens (including phenoxy) is 1. The number of nitro groups is 1. The highest BCUT2D eigenvalue weighted by Gasteiger charge is 2.32. The Morgan fingerprint density at radius 2 is 1.76 bits per heavy atom. The van der Waals surface area contributed by atoms with Crippen molar-refractivity contribution in [2.75, 3.05) is 0 Å². The lowest BCUT2D eigenvalue weighted by Crippen LogP contribution is -2.27. The molecule has 0 bridgehead atoms. The summed E-state index contributed by atoms with van der Waals surface area (Å²) in [6.07, 6.45) is 1.72. The van der Waals surface area contributed by atoms with E-state index in [-0.39, 0.29) is 30.6 Å². The van der Waals surface area contributed by atoms with E-state index in [1.807, 2.05) is 12.1 Å². The van der Waals surface area contributed by atoms with Crippen molar-refractivity contribution in [2.24, 2.45) is 0 Å². The number of carbonyl (C=O) groups excluding carboxylic acids is 1. The molecule has 0 aromatic heterocycles. The van der Waals surface area contributed by atoms with Crippen molar-refractivity contribution in [3.8, 4) is 5.75 Å². The number of benzene rings is 3. The highest BCUT2D eigenvalue weighted by Crippen LogP contribution is 2.36. The fourth-order valence-electron chi connectivity index (χ4n) is 3.19. The van der Waals surface area contributed by atoms with Gasteiger partial charge in [0.05, 0.1) is 16.4 Å². The van der Waals surface area contributed by atoms with Crippen LogP contribution in [-0.2, 0) is 17.9 Å². The van der Waals surface area contributed by atoms with Crippen molar-refractivity contribution in [1.29, 1.82) is 0 Å². The van der Waals surface area contributed by atoms with Gasteiger partial charge in [-0.3, -0.25) is 19.8 Å².